The Morgan fingerprint density at radius 2 is 2.14 bits per heavy atom. The van der Waals surface area contributed by atoms with Gasteiger partial charge in [0.05, 0.1) is 5.01 Å². The van der Waals surface area contributed by atoms with Gasteiger partial charge in [-0.25, -0.2) is 9.78 Å². The van der Waals surface area contributed by atoms with Gasteiger partial charge in [0.2, 0.25) is 5.95 Å². The zero-order valence-corrected chi connectivity index (χ0v) is 12.4. The number of imidazole rings is 1. The van der Waals surface area contributed by atoms with Gasteiger partial charge < -0.3 is 10.3 Å². The van der Waals surface area contributed by atoms with Crippen LogP contribution in [0, 0.1) is 0 Å². The van der Waals surface area contributed by atoms with E-state index in [0.29, 0.717) is 23.7 Å². The molecule has 0 aliphatic carbocycles. The number of hydrogen-bond donors (Lipinski definition) is 2. The third-order valence-corrected chi connectivity index (χ3v) is 4.05. The molecule has 3 aromatic rings. The highest BCUT2D eigenvalue weighted by Gasteiger charge is 2.13. The average Bonchev–Trinajstić information content (AvgIpc) is 3.12. The fourth-order valence-electron chi connectivity index (χ4n) is 2.07. The average molecular weight is 306 g/mol. The first kappa shape index (κ1) is 13.6. The molecule has 0 fully saturated rings. The number of aromatic amines is 1. The minimum Gasteiger partial charge on any atom is -0.355 e. The number of hydrogen-bond acceptors (Lipinski definition) is 6. The highest BCUT2D eigenvalue weighted by molar-refractivity contribution is 7.09. The highest BCUT2D eigenvalue weighted by Crippen LogP contribution is 2.09. The molecular weight excluding hydrogens is 292 g/mol. The Balaban J connectivity index is 1.88. The van der Waals surface area contributed by atoms with Gasteiger partial charge in [-0.05, 0) is 0 Å². The van der Waals surface area contributed by atoms with Crippen molar-refractivity contribution in [1.82, 2.24) is 24.1 Å². The molecule has 0 spiro atoms. The summed E-state index contributed by atoms with van der Waals surface area (Å²) in [6, 6.07) is 0. The Bertz CT molecular complexity index is 889. The molecule has 3 rings (SSSR count). The maximum atomic E-state index is 12.0. The smallest absolute Gasteiger partial charge is 0.332 e. The minimum absolute atomic E-state index is 0.316. The molecule has 21 heavy (non-hydrogen) atoms. The van der Waals surface area contributed by atoms with Crippen LogP contribution >= 0.6 is 11.3 Å². The third-order valence-electron chi connectivity index (χ3n) is 3.21. The highest BCUT2D eigenvalue weighted by atomic mass is 32.1. The number of nitrogens with zero attached hydrogens (tertiary/aromatic N) is 4. The Morgan fingerprint density at radius 3 is 2.86 bits per heavy atom. The quantitative estimate of drug-likeness (QED) is 0.711. The van der Waals surface area contributed by atoms with E-state index in [-0.39, 0.29) is 5.56 Å². The molecule has 9 heteroatoms. The van der Waals surface area contributed by atoms with Gasteiger partial charge in [0, 0.05) is 38.6 Å². The van der Waals surface area contributed by atoms with Gasteiger partial charge in [0.25, 0.3) is 5.56 Å². The molecule has 0 saturated heterocycles. The fraction of sp³-hybridized carbons (Fsp3) is 0.333. The van der Waals surface area contributed by atoms with Gasteiger partial charge in [0.1, 0.15) is 0 Å². The predicted octanol–water partition coefficient (Wildman–Crippen LogP) is 0.0714. The number of nitrogens with one attached hydrogen (secondary N) is 2. The number of fused-ring (bicyclic) bond motifs is 1. The lowest BCUT2D eigenvalue weighted by molar-refractivity contribution is 0.709. The summed E-state index contributed by atoms with van der Waals surface area (Å²) in [5.41, 5.74) is -0.113. The fourth-order valence-corrected chi connectivity index (χ4v) is 2.69. The Labute approximate surface area is 123 Å². The standard InChI is InChI=1S/C12H14N6O2S/c1-17-9-8(10(19)18(2)12(17)20)15-11(16-9)14-4-3-7-13-5-6-21-7/h5-6H,3-4H2,1-2H3,(H2,14,15,16). The van der Waals surface area contributed by atoms with E-state index in [4.69, 9.17) is 0 Å². The van der Waals surface area contributed by atoms with Crippen LogP contribution in [0.25, 0.3) is 11.2 Å². The molecule has 3 aromatic heterocycles. The van der Waals surface area contributed by atoms with E-state index in [1.165, 1.54) is 11.6 Å². The summed E-state index contributed by atoms with van der Waals surface area (Å²) >= 11 is 1.59. The summed E-state index contributed by atoms with van der Waals surface area (Å²) in [6.45, 7) is 0.640. The van der Waals surface area contributed by atoms with Crippen LogP contribution in [0.3, 0.4) is 0 Å². The SMILES string of the molecule is Cn1c(=O)c2[nH]c(NCCc3nccs3)nc2n(C)c1=O. The molecule has 0 aliphatic heterocycles. The lowest BCUT2D eigenvalue weighted by Gasteiger charge is -2.00. The van der Waals surface area contributed by atoms with Crippen molar-refractivity contribution < 1.29 is 0 Å². The first-order valence-electron chi connectivity index (χ1n) is 6.36. The van der Waals surface area contributed by atoms with E-state index in [1.807, 2.05) is 5.38 Å². The molecule has 0 unspecified atom stereocenters. The second kappa shape index (κ2) is 5.17. The predicted molar refractivity (Wildman–Crippen MR) is 80.9 cm³/mol. The van der Waals surface area contributed by atoms with Gasteiger partial charge >= 0.3 is 5.69 Å². The van der Waals surface area contributed by atoms with Crippen LogP contribution in [0.1, 0.15) is 5.01 Å². The number of thiazole rings is 1. The van der Waals surface area contributed by atoms with E-state index in [0.717, 1.165) is 16.0 Å². The van der Waals surface area contributed by atoms with E-state index in [1.54, 1.807) is 24.6 Å². The van der Waals surface area contributed by atoms with Crippen molar-refractivity contribution in [2.75, 3.05) is 11.9 Å². The molecule has 0 amide bonds. The lowest BCUT2D eigenvalue weighted by atomic mass is 10.4. The second-order valence-corrected chi connectivity index (χ2v) is 5.57. The van der Waals surface area contributed by atoms with Crippen molar-refractivity contribution in [2.45, 2.75) is 6.42 Å². The molecule has 8 nitrogen and oxygen atoms in total. The van der Waals surface area contributed by atoms with Crippen LogP contribution in [0.15, 0.2) is 21.2 Å². The normalized spacial score (nSPS) is 11.1. The second-order valence-electron chi connectivity index (χ2n) is 4.59. The van der Waals surface area contributed by atoms with Crippen molar-refractivity contribution in [3.05, 3.63) is 37.4 Å². The van der Waals surface area contributed by atoms with Gasteiger partial charge in [-0.1, -0.05) is 0 Å². The van der Waals surface area contributed by atoms with E-state index < -0.39 is 5.69 Å². The molecule has 2 N–H and O–H groups in total. The Hall–Kier alpha value is -2.42. The number of rotatable bonds is 4. The minimum atomic E-state index is -0.395. The number of aryl methyl sites for hydroxylation is 1. The summed E-state index contributed by atoms with van der Waals surface area (Å²) in [5, 5.41) is 6.06. The molecule has 0 aliphatic rings. The molecular formula is C12H14N6O2S. The number of H-pyrrole nitrogens is 1. The van der Waals surface area contributed by atoms with Crippen LogP contribution < -0.4 is 16.6 Å². The molecule has 0 atom stereocenters. The third kappa shape index (κ3) is 2.35. The van der Waals surface area contributed by atoms with Crippen molar-refractivity contribution in [2.24, 2.45) is 14.1 Å². The molecule has 0 aromatic carbocycles. The molecule has 0 bridgehead atoms. The largest absolute Gasteiger partial charge is 0.355 e. The van der Waals surface area contributed by atoms with E-state index in [2.05, 4.69) is 20.3 Å². The zero-order valence-electron chi connectivity index (χ0n) is 11.6. The summed E-state index contributed by atoms with van der Waals surface area (Å²) in [4.78, 5) is 35.2. The van der Waals surface area contributed by atoms with Crippen molar-refractivity contribution in [1.29, 1.82) is 0 Å². The first-order chi connectivity index (χ1) is 10.1. The van der Waals surface area contributed by atoms with Crippen LogP contribution in [0.2, 0.25) is 0 Å². The van der Waals surface area contributed by atoms with Crippen molar-refractivity contribution in [3.63, 3.8) is 0 Å². The van der Waals surface area contributed by atoms with Crippen molar-refractivity contribution in [3.8, 4) is 0 Å². The number of aromatic nitrogens is 5. The van der Waals surface area contributed by atoms with Crippen LogP contribution in [0.4, 0.5) is 5.95 Å². The van der Waals surface area contributed by atoms with Gasteiger partial charge in [-0.3, -0.25) is 13.9 Å². The van der Waals surface area contributed by atoms with Gasteiger partial charge in [-0.2, -0.15) is 4.98 Å². The molecule has 0 saturated carbocycles. The maximum Gasteiger partial charge on any atom is 0.332 e. The van der Waals surface area contributed by atoms with Gasteiger partial charge in [-0.15, -0.1) is 11.3 Å². The summed E-state index contributed by atoms with van der Waals surface area (Å²) in [6.07, 6.45) is 2.53. The van der Waals surface area contributed by atoms with E-state index >= 15 is 0 Å². The first-order valence-corrected chi connectivity index (χ1v) is 7.24. The van der Waals surface area contributed by atoms with Crippen LogP contribution in [0.5, 0.6) is 0 Å². The zero-order chi connectivity index (χ0) is 15.0. The Morgan fingerprint density at radius 1 is 1.33 bits per heavy atom. The number of anilines is 1. The molecule has 3 heterocycles. The van der Waals surface area contributed by atoms with Crippen molar-refractivity contribution >= 4 is 28.4 Å². The lowest BCUT2D eigenvalue weighted by Crippen LogP contribution is -2.36. The Kier molecular flexibility index (Phi) is 3.34. The van der Waals surface area contributed by atoms with Crippen LogP contribution in [-0.4, -0.2) is 30.6 Å². The van der Waals surface area contributed by atoms with E-state index in [9.17, 15) is 9.59 Å². The summed E-state index contributed by atoms with van der Waals surface area (Å²) in [7, 11) is 3.03. The summed E-state index contributed by atoms with van der Waals surface area (Å²) < 4.78 is 2.40. The van der Waals surface area contributed by atoms with Crippen LogP contribution in [-0.2, 0) is 20.5 Å². The summed E-state index contributed by atoms with van der Waals surface area (Å²) in [5.74, 6) is 0.472. The topological polar surface area (TPSA) is 97.6 Å². The maximum absolute atomic E-state index is 12.0. The molecule has 0 radical (unpaired) electrons. The molecule has 110 valence electrons. The monoisotopic (exact) mass is 306 g/mol. The van der Waals surface area contributed by atoms with Gasteiger partial charge in [0.15, 0.2) is 11.2 Å².